The molecule has 1 spiro atoms. The molecule has 3 aromatic carbocycles. The van der Waals surface area contributed by atoms with Gasteiger partial charge in [-0.15, -0.1) is 0 Å². The van der Waals surface area contributed by atoms with Crippen LogP contribution in [0.3, 0.4) is 0 Å². The molecule has 3 aliphatic rings. The zero-order chi connectivity index (χ0) is 24.4. The van der Waals surface area contributed by atoms with E-state index in [4.69, 9.17) is 14.5 Å². The van der Waals surface area contributed by atoms with Gasteiger partial charge in [-0.2, -0.15) is 0 Å². The highest BCUT2D eigenvalue weighted by Crippen LogP contribution is 2.43. The van der Waals surface area contributed by atoms with Crippen LogP contribution in [0.5, 0.6) is 5.75 Å². The van der Waals surface area contributed by atoms with Crippen LogP contribution >= 0.6 is 0 Å². The van der Waals surface area contributed by atoms with Crippen LogP contribution < -0.4 is 10.1 Å². The number of rotatable bonds is 5. The lowest BCUT2D eigenvalue weighted by molar-refractivity contribution is -0.103. The summed E-state index contributed by atoms with van der Waals surface area (Å²) in [7, 11) is 0. The molecule has 3 atom stereocenters. The summed E-state index contributed by atoms with van der Waals surface area (Å²) in [5.41, 5.74) is 6.10. The highest BCUT2D eigenvalue weighted by atomic mass is 16.6. The molecule has 1 aliphatic carbocycles. The van der Waals surface area contributed by atoms with Crippen LogP contribution in [0, 0.1) is 0 Å². The summed E-state index contributed by atoms with van der Waals surface area (Å²) >= 11 is 0. The van der Waals surface area contributed by atoms with Gasteiger partial charge in [-0.05, 0) is 53.5 Å². The van der Waals surface area contributed by atoms with Gasteiger partial charge in [-0.3, -0.25) is 10.3 Å². The van der Waals surface area contributed by atoms with E-state index in [1.165, 1.54) is 11.1 Å². The fraction of sp³-hybridized carbons (Fsp3) is 0.219. The summed E-state index contributed by atoms with van der Waals surface area (Å²) < 4.78 is 13.6. The van der Waals surface area contributed by atoms with Crippen molar-refractivity contribution in [1.82, 2.24) is 5.32 Å². The van der Waals surface area contributed by atoms with E-state index < -0.39 is 5.60 Å². The van der Waals surface area contributed by atoms with Gasteiger partial charge < -0.3 is 9.47 Å². The number of hydrogen-bond acceptors (Lipinski definition) is 4. The predicted molar refractivity (Wildman–Crippen MR) is 145 cm³/mol. The van der Waals surface area contributed by atoms with Crippen LogP contribution in [0.2, 0.25) is 0 Å². The number of fused-ring (bicyclic) bond motifs is 2. The van der Waals surface area contributed by atoms with Gasteiger partial charge in [0.1, 0.15) is 5.75 Å². The average Bonchev–Trinajstić information content (AvgIpc) is 2.92. The number of para-hydroxylation sites is 1. The molecule has 0 saturated carbocycles. The first-order valence-corrected chi connectivity index (χ1v) is 12.6. The van der Waals surface area contributed by atoms with E-state index in [2.05, 4.69) is 91.1 Å². The standard InChI is InChI=1S/C32H30N2O2/c1-23-18-26-14-8-9-15-29(26)36-32(23)20-27-16-17-28(33-21-24-10-4-2-5-11-24)19-30(27)35-31(32)34-22-25-12-6-3-7-13-25/h2-18,20,30-31,34H,19,21-22H2,1H3. The maximum absolute atomic E-state index is 6.80. The third-order valence-electron chi connectivity index (χ3n) is 7.13. The normalized spacial score (nSPS) is 25.5. The van der Waals surface area contributed by atoms with Gasteiger partial charge in [0.05, 0.1) is 12.6 Å². The molecule has 0 fully saturated rings. The maximum atomic E-state index is 6.80. The lowest BCUT2D eigenvalue weighted by Gasteiger charge is -2.47. The van der Waals surface area contributed by atoms with Gasteiger partial charge >= 0.3 is 0 Å². The van der Waals surface area contributed by atoms with Gasteiger partial charge in [0, 0.05) is 24.2 Å². The van der Waals surface area contributed by atoms with E-state index in [0.717, 1.165) is 34.6 Å². The number of nitrogens with zero attached hydrogens (tertiary/aromatic N) is 1. The zero-order valence-corrected chi connectivity index (χ0v) is 20.4. The first kappa shape index (κ1) is 22.7. The molecule has 3 unspecified atom stereocenters. The monoisotopic (exact) mass is 474 g/mol. The van der Waals surface area contributed by atoms with Crippen molar-refractivity contribution >= 4 is 11.8 Å². The smallest absolute Gasteiger partial charge is 0.188 e. The molecule has 36 heavy (non-hydrogen) atoms. The maximum Gasteiger partial charge on any atom is 0.188 e. The van der Waals surface area contributed by atoms with Gasteiger partial charge in [0.15, 0.2) is 11.8 Å². The molecule has 0 saturated heterocycles. The fourth-order valence-electron chi connectivity index (χ4n) is 5.14. The van der Waals surface area contributed by atoms with Gasteiger partial charge in [0.2, 0.25) is 0 Å². The Morgan fingerprint density at radius 3 is 2.42 bits per heavy atom. The highest BCUT2D eigenvalue weighted by molar-refractivity contribution is 5.97. The van der Waals surface area contributed by atoms with Crippen LogP contribution in [0.15, 0.2) is 119 Å². The minimum atomic E-state index is -0.724. The number of nitrogens with one attached hydrogen (secondary N) is 1. The van der Waals surface area contributed by atoms with Crippen LogP contribution in [0.25, 0.3) is 6.08 Å². The minimum absolute atomic E-state index is 0.0722. The van der Waals surface area contributed by atoms with E-state index in [0.29, 0.717) is 13.1 Å². The van der Waals surface area contributed by atoms with Crippen molar-refractivity contribution in [3.05, 3.63) is 131 Å². The summed E-state index contributed by atoms with van der Waals surface area (Å²) in [6.07, 6.45) is 9.07. The van der Waals surface area contributed by atoms with Crippen molar-refractivity contribution < 1.29 is 9.47 Å². The van der Waals surface area contributed by atoms with E-state index in [9.17, 15) is 0 Å². The van der Waals surface area contributed by atoms with E-state index in [-0.39, 0.29) is 12.3 Å². The average molecular weight is 475 g/mol. The third kappa shape index (κ3) is 4.46. The fourth-order valence-corrected chi connectivity index (χ4v) is 5.14. The van der Waals surface area contributed by atoms with Crippen LogP contribution in [-0.4, -0.2) is 23.6 Å². The summed E-state index contributed by atoms with van der Waals surface area (Å²) in [6, 6.07) is 29.0. The predicted octanol–water partition coefficient (Wildman–Crippen LogP) is 6.26. The van der Waals surface area contributed by atoms with Crippen molar-refractivity contribution in [2.75, 3.05) is 0 Å². The number of hydrogen-bond donors (Lipinski definition) is 1. The Hall–Kier alpha value is -3.73. The Morgan fingerprint density at radius 2 is 1.61 bits per heavy atom. The van der Waals surface area contributed by atoms with Crippen LogP contribution in [0.1, 0.15) is 30.0 Å². The van der Waals surface area contributed by atoms with Gasteiger partial charge in [-0.25, -0.2) is 0 Å². The quantitative estimate of drug-likeness (QED) is 0.474. The molecule has 3 aromatic rings. The zero-order valence-electron chi connectivity index (χ0n) is 20.4. The molecule has 0 aromatic heterocycles. The number of benzene rings is 3. The Morgan fingerprint density at radius 1 is 0.889 bits per heavy atom. The van der Waals surface area contributed by atoms with E-state index in [1.807, 2.05) is 30.3 Å². The lowest BCUT2D eigenvalue weighted by Crippen LogP contribution is -2.60. The third-order valence-corrected chi connectivity index (χ3v) is 7.13. The molecule has 1 N–H and O–H groups in total. The summed E-state index contributed by atoms with van der Waals surface area (Å²) in [5, 5.41) is 3.67. The molecule has 6 rings (SSSR count). The first-order valence-electron chi connectivity index (χ1n) is 12.6. The Kier molecular flexibility index (Phi) is 6.14. The lowest BCUT2D eigenvalue weighted by atomic mass is 9.81. The SMILES string of the molecule is CC1=Cc2ccccc2OC12C=C1C=CC(=NCc3ccccc3)CC1OC2NCc1ccccc1. The Balaban J connectivity index is 1.32. The second-order valence-electron chi connectivity index (χ2n) is 9.61. The van der Waals surface area contributed by atoms with E-state index in [1.54, 1.807) is 0 Å². The second kappa shape index (κ2) is 9.73. The number of aliphatic imine (C=N–C) groups is 1. The number of ether oxygens (including phenoxy) is 2. The van der Waals surface area contributed by atoms with Crippen molar-refractivity contribution in [3.8, 4) is 5.75 Å². The molecular weight excluding hydrogens is 444 g/mol. The summed E-state index contributed by atoms with van der Waals surface area (Å²) in [4.78, 5) is 4.87. The highest BCUT2D eigenvalue weighted by Gasteiger charge is 2.49. The first-order chi connectivity index (χ1) is 17.7. The molecular formula is C32H30N2O2. The molecule has 0 radical (unpaired) electrons. The van der Waals surface area contributed by atoms with E-state index >= 15 is 0 Å². The van der Waals surface area contributed by atoms with Crippen LogP contribution in [0.4, 0.5) is 0 Å². The molecule has 2 heterocycles. The second-order valence-corrected chi connectivity index (χ2v) is 9.61. The molecule has 180 valence electrons. The molecule has 0 bridgehead atoms. The summed E-state index contributed by atoms with van der Waals surface area (Å²) in [6.45, 7) is 3.49. The minimum Gasteiger partial charge on any atom is -0.474 e. The largest absolute Gasteiger partial charge is 0.474 e. The van der Waals surface area contributed by atoms with Gasteiger partial charge in [0.25, 0.3) is 0 Å². The van der Waals surface area contributed by atoms with Crippen molar-refractivity contribution in [2.45, 2.75) is 44.4 Å². The number of allylic oxidation sites excluding steroid dienone is 1. The van der Waals surface area contributed by atoms with Crippen LogP contribution in [-0.2, 0) is 17.8 Å². The summed E-state index contributed by atoms with van der Waals surface area (Å²) in [5.74, 6) is 0.874. The topological polar surface area (TPSA) is 42.9 Å². The molecule has 2 aliphatic heterocycles. The Labute approximate surface area is 212 Å². The Bertz CT molecular complexity index is 1360. The van der Waals surface area contributed by atoms with Crippen molar-refractivity contribution in [1.29, 1.82) is 0 Å². The molecule has 0 amide bonds. The molecule has 4 heteroatoms. The molecule has 4 nitrogen and oxygen atoms in total. The van der Waals surface area contributed by atoms with Crippen molar-refractivity contribution in [3.63, 3.8) is 0 Å². The van der Waals surface area contributed by atoms with Crippen molar-refractivity contribution in [2.24, 2.45) is 4.99 Å². The van der Waals surface area contributed by atoms with Gasteiger partial charge in [-0.1, -0.05) is 84.9 Å².